The molecule has 2 aromatic carbocycles. The SMILES string of the molecule is Nc1ccccc1CCn1c(=O)n(CCCOS(=O)[O-])c(=O)c2[nH]c(Cc3ccccc3)nc21. The van der Waals surface area contributed by atoms with Gasteiger partial charge in [0.1, 0.15) is 11.3 Å². The van der Waals surface area contributed by atoms with E-state index < -0.39 is 22.6 Å². The van der Waals surface area contributed by atoms with Crippen LogP contribution in [-0.4, -0.2) is 34.5 Å². The van der Waals surface area contributed by atoms with Crippen molar-refractivity contribution < 1.29 is 12.9 Å². The van der Waals surface area contributed by atoms with Crippen molar-refractivity contribution in [1.29, 1.82) is 0 Å². The molecule has 0 aliphatic rings. The largest absolute Gasteiger partial charge is 0.750 e. The predicted molar refractivity (Wildman–Crippen MR) is 128 cm³/mol. The van der Waals surface area contributed by atoms with Crippen LogP contribution in [0.2, 0.25) is 0 Å². The van der Waals surface area contributed by atoms with Crippen molar-refractivity contribution >= 4 is 28.2 Å². The number of nitrogens with zero attached hydrogens (tertiary/aromatic N) is 3. The van der Waals surface area contributed by atoms with Gasteiger partial charge in [0.15, 0.2) is 5.65 Å². The van der Waals surface area contributed by atoms with E-state index in [2.05, 4.69) is 14.2 Å². The molecule has 178 valence electrons. The first-order valence-corrected chi connectivity index (χ1v) is 11.8. The Bertz CT molecular complexity index is 1430. The second-order valence-corrected chi connectivity index (χ2v) is 8.41. The lowest BCUT2D eigenvalue weighted by Gasteiger charge is -2.12. The third-order valence-electron chi connectivity index (χ3n) is 5.49. The fourth-order valence-corrected chi connectivity index (χ4v) is 4.08. The average Bonchev–Trinajstić information content (AvgIpc) is 3.23. The molecule has 4 aromatic rings. The number of aromatic amines is 1. The predicted octanol–water partition coefficient (Wildman–Crippen LogP) is 1.50. The molecule has 2 heterocycles. The molecule has 0 saturated heterocycles. The van der Waals surface area contributed by atoms with Crippen LogP contribution in [0.1, 0.15) is 23.4 Å². The number of nitrogens with two attached hydrogens (primary N) is 1. The van der Waals surface area contributed by atoms with Crippen molar-refractivity contribution in [3.63, 3.8) is 0 Å². The monoisotopic (exact) mass is 482 g/mol. The number of fused-ring (bicyclic) bond motifs is 1. The van der Waals surface area contributed by atoms with E-state index in [-0.39, 0.29) is 37.3 Å². The van der Waals surface area contributed by atoms with Crippen LogP contribution in [0.5, 0.6) is 0 Å². The highest BCUT2D eigenvalue weighted by Gasteiger charge is 2.18. The normalized spacial score (nSPS) is 12.3. The van der Waals surface area contributed by atoms with Gasteiger partial charge in [0.25, 0.3) is 5.56 Å². The average molecular weight is 483 g/mol. The highest BCUT2D eigenvalue weighted by molar-refractivity contribution is 7.74. The Morgan fingerprint density at radius 2 is 1.76 bits per heavy atom. The van der Waals surface area contributed by atoms with Crippen molar-refractivity contribution in [2.45, 2.75) is 32.4 Å². The van der Waals surface area contributed by atoms with Gasteiger partial charge in [0, 0.05) is 25.2 Å². The Hall–Kier alpha value is -3.54. The molecule has 0 radical (unpaired) electrons. The van der Waals surface area contributed by atoms with E-state index in [1.807, 2.05) is 48.5 Å². The van der Waals surface area contributed by atoms with Gasteiger partial charge in [0.05, 0.1) is 18.0 Å². The highest BCUT2D eigenvalue weighted by atomic mass is 32.2. The maximum atomic E-state index is 13.3. The molecule has 2 aromatic heterocycles. The van der Waals surface area contributed by atoms with Crippen LogP contribution in [0.3, 0.4) is 0 Å². The Labute approximate surface area is 197 Å². The van der Waals surface area contributed by atoms with Crippen molar-refractivity contribution in [2.75, 3.05) is 12.3 Å². The van der Waals surface area contributed by atoms with Crippen molar-refractivity contribution in [2.24, 2.45) is 0 Å². The van der Waals surface area contributed by atoms with Crippen molar-refractivity contribution in [3.05, 3.63) is 92.4 Å². The highest BCUT2D eigenvalue weighted by Crippen LogP contribution is 2.14. The van der Waals surface area contributed by atoms with Crippen molar-refractivity contribution in [3.8, 4) is 0 Å². The fraction of sp³-hybridized carbons (Fsp3) is 0.261. The number of H-pyrrole nitrogens is 1. The maximum absolute atomic E-state index is 13.3. The molecule has 0 amide bonds. The molecule has 1 unspecified atom stereocenters. The zero-order chi connectivity index (χ0) is 24.1. The molecule has 0 aliphatic heterocycles. The molecule has 1 atom stereocenters. The summed E-state index contributed by atoms with van der Waals surface area (Å²) in [6, 6.07) is 17.1. The van der Waals surface area contributed by atoms with Gasteiger partial charge in [-0.15, -0.1) is 0 Å². The summed E-state index contributed by atoms with van der Waals surface area (Å²) < 4.78 is 28.2. The van der Waals surface area contributed by atoms with Crippen molar-refractivity contribution in [1.82, 2.24) is 19.1 Å². The van der Waals surface area contributed by atoms with Gasteiger partial charge in [-0.05, 0) is 30.0 Å². The number of anilines is 1. The summed E-state index contributed by atoms with van der Waals surface area (Å²) in [5.41, 5.74) is 8.04. The number of benzene rings is 2. The summed E-state index contributed by atoms with van der Waals surface area (Å²) in [7, 11) is 0. The Kier molecular flexibility index (Phi) is 7.36. The third-order valence-corrected chi connectivity index (χ3v) is 5.85. The molecule has 0 spiro atoms. The van der Waals surface area contributed by atoms with E-state index in [1.165, 1.54) is 4.57 Å². The summed E-state index contributed by atoms with van der Waals surface area (Å²) in [6.45, 7) is 0.134. The lowest BCUT2D eigenvalue weighted by Crippen LogP contribution is -2.40. The number of hydrogen-bond donors (Lipinski definition) is 2. The minimum atomic E-state index is -2.65. The van der Waals surface area contributed by atoms with Gasteiger partial charge in [-0.25, -0.2) is 14.0 Å². The second-order valence-electron chi connectivity index (χ2n) is 7.76. The molecule has 10 nitrogen and oxygen atoms in total. The van der Waals surface area contributed by atoms with Crippen LogP contribution < -0.4 is 17.0 Å². The minimum Gasteiger partial charge on any atom is -0.750 e. The van der Waals surface area contributed by atoms with Gasteiger partial charge in [-0.2, -0.15) is 0 Å². The summed E-state index contributed by atoms with van der Waals surface area (Å²) in [4.78, 5) is 34.1. The summed E-state index contributed by atoms with van der Waals surface area (Å²) in [6.07, 6.45) is 1.11. The Morgan fingerprint density at radius 1 is 1.03 bits per heavy atom. The fourth-order valence-electron chi connectivity index (χ4n) is 3.83. The molecule has 0 fully saturated rings. The molecular weight excluding hydrogens is 458 g/mol. The quantitative estimate of drug-likeness (QED) is 0.198. The van der Waals surface area contributed by atoms with Crippen LogP contribution in [0, 0.1) is 0 Å². The van der Waals surface area contributed by atoms with E-state index in [0.717, 1.165) is 15.7 Å². The van der Waals surface area contributed by atoms with Crippen LogP contribution in [0.25, 0.3) is 11.2 Å². The third kappa shape index (κ3) is 5.33. The zero-order valence-electron chi connectivity index (χ0n) is 18.3. The van der Waals surface area contributed by atoms with E-state index >= 15 is 0 Å². The number of hydrogen-bond acceptors (Lipinski definition) is 7. The number of imidazole rings is 1. The first kappa shape index (κ1) is 23.6. The number of aromatic nitrogens is 4. The molecule has 0 aliphatic carbocycles. The molecule has 34 heavy (non-hydrogen) atoms. The van der Waals surface area contributed by atoms with Gasteiger partial charge in [-0.1, -0.05) is 48.5 Å². The Morgan fingerprint density at radius 3 is 2.50 bits per heavy atom. The molecule has 0 bridgehead atoms. The van der Waals surface area contributed by atoms with Gasteiger partial charge < -0.3 is 19.5 Å². The molecular formula is C23H24N5O5S-. The zero-order valence-corrected chi connectivity index (χ0v) is 19.1. The molecule has 0 saturated carbocycles. The number of nitrogen functional groups attached to an aromatic ring is 1. The number of para-hydroxylation sites is 1. The van der Waals surface area contributed by atoms with Crippen LogP contribution >= 0.6 is 0 Å². The second kappa shape index (κ2) is 10.6. The standard InChI is InChI=1S/C23H25N5O5S/c24-18-10-5-4-9-17(18)11-13-27-21-20(25-19(26-21)15-16-7-2-1-3-8-16)22(29)28(23(27)30)12-6-14-33-34(31)32/h1-5,7-10H,6,11-15,24H2,(H,25,26)(H,31,32)/p-1. The van der Waals surface area contributed by atoms with E-state index in [1.54, 1.807) is 6.07 Å². The maximum Gasteiger partial charge on any atom is 0.332 e. The molecule has 11 heteroatoms. The topological polar surface area (TPSA) is 148 Å². The van der Waals surface area contributed by atoms with Crippen LogP contribution in [-0.2, 0) is 41.5 Å². The van der Waals surface area contributed by atoms with E-state index in [4.69, 9.17) is 5.73 Å². The number of rotatable bonds is 10. The first-order chi connectivity index (χ1) is 16.4. The number of aryl methyl sites for hydroxylation is 2. The molecule has 4 rings (SSSR count). The minimum absolute atomic E-state index is 0.00528. The summed E-state index contributed by atoms with van der Waals surface area (Å²) >= 11 is -2.65. The lowest BCUT2D eigenvalue weighted by molar-refractivity contribution is 0.286. The van der Waals surface area contributed by atoms with E-state index in [0.29, 0.717) is 24.4 Å². The summed E-state index contributed by atoms with van der Waals surface area (Å²) in [5.74, 6) is 0.563. The smallest absolute Gasteiger partial charge is 0.332 e. The van der Waals surface area contributed by atoms with Gasteiger partial charge >= 0.3 is 5.69 Å². The van der Waals surface area contributed by atoms with E-state index in [9.17, 15) is 18.4 Å². The van der Waals surface area contributed by atoms with Crippen LogP contribution in [0.15, 0.2) is 64.2 Å². The van der Waals surface area contributed by atoms with Gasteiger partial charge in [-0.3, -0.25) is 13.9 Å². The first-order valence-electron chi connectivity index (χ1n) is 10.8. The van der Waals surface area contributed by atoms with Crippen LogP contribution in [0.4, 0.5) is 5.69 Å². The lowest BCUT2D eigenvalue weighted by atomic mass is 10.1. The number of nitrogens with one attached hydrogen (secondary N) is 1. The Balaban J connectivity index is 1.72. The van der Waals surface area contributed by atoms with Gasteiger partial charge in [0.2, 0.25) is 0 Å². The molecule has 3 N–H and O–H groups in total. The summed E-state index contributed by atoms with van der Waals surface area (Å²) in [5, 5.41) is 0.